The fourth-order valence-electron chi connectivity index (χ4n) is 2.26. The number of benzene rings is 1. The van der Waals surface area contributed by atoms with Crippen LogP contribution in [-0.2, 0) is 18.1 Å². The molecule has 2 aromatic heterocycles. The molecule has 0 spiro atoms. The monoisotopic (exact) mass is 346 g/mol. The van der Waals surface area contributed by atoms with Crippen molar-refractivity contribution in [1.29, 1.82) is 0 Å². The van der Waals surface area contributed by atoms with Crippen molar-refractivity contribution in [1.82, 2.24) is 9.55 Å². The van der Waals surface area contributed by atoms with Crippen LogP contribution in [0.4, 0.5) is 0 Å². The summed E-state index contributed by atoms with van der Waals surface area (Å²) in [4.78, 5) is 4.25. The van der Waals surface area contributed by atoms with Gasteiger partial charge in [0.25, 0.3) is 0 Å². The fourth-order valence-corrected chi connectivity index (χ4v) is 2.83. The number of halogens is 1. The standard InChI is InChI=1S/C16H15BrN2O2/c1-20-16-15-13(7-8-18-16)14(17)9-19(15)11-21-10-12-5-3-2-4-6-12/h2-9H,10-11H2,1H3. The average Bonchev–Trinajstić information content (AvgIpc) is 2.85. The summed E-state index contributed by atoms with van der Waals surface area (Å²) in [7, 11) is 1.62. The summed E-state index contributed by atoms with van der Waals surface area (Å²) >= 11 is 3.56. The number of fused-ring (bicyclic) bond motifs is 1. The number of methoxy groups -OCH3 is 1. The molecule has 2 heterocycles. The predicted molar refractivity (Wildman–Crippen MR) is 85.2 cm³/mol. The lowest BCUT2D eigenvalue weighted by Gasteiger charge is -2.09. The van der Waals surface area contributed by atoms with E-state index in [4.69, 9.17) is 9.47 Å². The summed E-state index contributed by atoms with van der Waals surface area (Å²) in [5.74, 6) is 0.599. The molecule has 4 nitrogen and oxygen atoms in total. The predicted octanol–water partition coefficient (Wildman–Crippen LogP) is 3.98. The Kier molecular flexibility index (Phi) is 4.22. The maximum atomic E-state index is 5.79. The van der Waals surface area contributed by atoms with Gasteiger partial charge in [-0.05, 0) is 27.6 Å². The summed E-state index contributed by atoms with van der Waals surface area (Å²) in [5.41, 5.74) is 2.08. The van der Waals surface area contributed by atoms with Crippen molar-refractivity contribution in [2.45, 2.75) is 13.3 Å². The minimum absolute atomic E-state index is 0.443. The minimum atomic E-state index is 0.443. The lowest BCUT2D eigenvalue weighted by molar-refractivity contribution is 0.0665. The molecule has 0 aliphatic carbocycles. The molecule has 0 saturated heterocycles. The Morgan fingerprint density at radius 1 is 1.19 bits per heavy atom. The van der Waals surface area contributed by atoms with Gasteiger partial charge in [-0.2, -0.15) is 0 Å². The van der Waals surface area contributed by atoms with Crippen LogP contribution in [0, 0.1) is 0 Å². The third-order valence-corrected chi connectivity index (χ3v) is 3.87. The average molecular weight is 347 g/mol. The second-order valence-electron chi connectivity index (χ2n) is 4.63. The Hall–Kier alpha value is -1.85. The van der Waals surface area contributed by atoms with E-state index in [0.29, 0.717) is 19.2 Å². The van der Waals surface area contributed by atoms with Crippen molar-refractivity contribution < 1.29 is 9.47 Å². The van der Waals surface area contributed by atoms with Crippen LogP contribution in [0.25, 0.3) is 10.9 Å². The molecule has 0 bridgehead atoms. The largest absolute Gasteiger partial charge is 0.479 e. The number of aromatic nitrogens is 2. The maximum absolute atomic E-state index is 5.79. The van der Waals surface area contributed by atoms with Gasteiger partial charge in [-0.3, -0.25) is 0 Å². The van der Waals surface area contributed by atoms with E-state index in [-0.39, 0.29) is 0 Å². The lowest BCUT2D eigenvalue weighted by atomic mass is 10.2. The normalized spacial score (nSPS) is 11.0. The van der Waals surface area contributed by atoms with Crippen molar-refractivity contribution in [3.8, 4) is 5.88 Å². The van der Waals surface area contributed by atoms with Gasteiger partial charge < -0.3 is 14.0 Å². The van der Waals surface area contributed by atoms with E-state index in [1.165, 1.54) is 0 Å². The SMILES string of the molecule is COc1nccc2c(Br)cn(COCc3ccccc3)c12. The summed E-state index contributed by atoms with van der Waals surface area (Å²) in [6.07, 6.45) is 3.72. The van der Waals surface area contributed by atoms with Gasteiger partial charge >= 0.3 is 0 Å². The number of ether oxygens (including phenoxy) is 2. The molecule has 0 aliphatic heterocycles. The summed E-state index contributed by atoms with van der Waals surface area (Å²) in [6.45, 7) is 1.01. The van der Waals surface area contributed by atoms with Gasteiger partial charge in [0.2, 0.25) is 5.88 Å². The van der Waals surface area contributed by atoms with Gasteiger partial charge in [-0.15, -0.1) is 0 Å². The molecule has 21 heavy (non-hydrogen) atoms. The molecule has 1 aromatic carbocycles. The number of pyridine rings is 1. The van der Waals surface area contributed by atoms with E-state index in [0.717, 1.165) is 20.9 Å². The van der Waals surface area contributed by atoms with Crippen molar-refractivity contribution in [2.24, 2.45) is 0 Å². The van der Waals surface area contributed by atoms with Gasteiger partial charge in [-0.1, -0.05) is 30.3 Å². The van der Waals surface area contributed by atoms with Crippen LogP contribution < -0.4 is 4.74 Å². The highest BCUT2D eigenvalue weighted by Crippen LogP contribution is 2.31. The smallest absolute Gasteiger partial charge is 0.238 e. The van der Waals surface area contributed by atoms with Crippen molar-refractivity contribution >= 4 is 26.8 Å². The van der Waals surface area contributed by atoms with Crippen LogP contribution >= 0.6 is 15.9 Å². The second-order valence-corrected chi connectivity index (χ2v) is 5.48. The Morgan fingerprint density at radius 2 is 2.00 bits per heavy atom. The number of nitrogens with zero attached hydrogens (tertiary/aromatic N) is 2. The quantitative estimate of drug-likeness (QED) is 0.700. The number of rotatable bonds is 5. The van der Waals surface area contributed by atoms with Crippen molar-refractivity contribution in [3.63, 3.8) is 0 Å². The molecule has 0 unspecified atom stereocenters. The van der Waals surface area contributed by atoms with E-state index in [1.807, 2.05) is 47.2 Å². The van der Waals surface area contributed by atoms with Crippen molar-refractivity contribution in [2.75, 3.05) is 7.11 Å². The molecule has 0 radical (unpaired) electrons. The Balaban J connectivity index is 1.81. The first-order valence-electron chi connectivity index (χ1n) is 6.58. The van der Waals surface area contributed by atoms with Crippen LogP contribution in [0.2, 0.25) is 0 Å². The fraction of sp³-hybridized carbons (Fsp3) is 0.188. The number of hydrogen-bond acceptors (Lipinski definition) is 3. The molecule has 0 aliphatic rings. The van der Waals surface area contributed by atoms with Gasteiger partial charge in [0.1, 0.15) is 12.2 Å². The molecule has 5 heteroatoms. The van der Waals surface area contributed by atoms with E-state index in [9.17, 15) is 0 Å². The van der Waals surface area contributed by atoms with Crippen LogP contribution in [0.5, 0.6) is 5.88 Å². The number of hydrogen-bond donors (Lipinski definition) is 0. The highest BCUT2D eigenvalue weighted by atomic mass is 79.9. The van der Waals surface area contributed by atoms with E-state index < -0.39 is 0 Å². The first-order chi connectivity index (χ1) is 10.3. The highest BCUT2D eigenvalue weighted by molar-refractivity contribution is 9.10. The minimum Gasteiger partial charge on any atom is -0.479 e. The lowest BCUT2D eigenvalue weighted by Crippen LogP contribution is -2.03. The molecule has 3 rings (SSSR count). The Morgan fingerprint density at radius 3 is 2.76 bits per heavy atom. The molecule has 0 fully saturated rings. The molecule has 0 atom stereocenters. The van der Waals surface area contributed by atoms with Gasteiger partial charge in [-0.25, -0.2) is 4.98 Å². The summed E-state index contributed by atoms with van der Waals surface area (Å²) < 4.78 is 14.1. The van der Waals surface area contributed by atoms with Crippen molar-refractivity contribution in [3.05, 3.63) is 58.8 Å². The van der Waals surface area contributed by atoms with E-state index in [2.05, 4.69) is 20.9 Å². The first-order valence-corrected chi connectivity index (χ1v) is 7.38. The molecule has 0 amide bonds. The van der Waals surface area contributed by atoms with Gasteiger partial charge in [0.15, 0.2) is 0 Å². The first kappa shape index (κ1) is 14.1. The third kappa shape index (κ3) is 2.94. The zero-order chi connectivity index (χ0) is 14.7. The molecule has 108 valence electrons. The third-order valence-electron chi connectivity index (χ3n) is 3.24. The van der Waals surface area contributed by atoms with Gasteiger partial charge in [0.05, 0.1) is 13.7 Å². The molecule has 3 aromatic rings. The van der Waals surface area contributed by atoms with E-state index >= 15 is 0 Å². The zero-order valence-electron chi connectivity index (χ0n) is 11.6. The van der Waals surface area contributed by atoms with Crippen LogP contribution in [0.1, 0.15) is 5.56 Å². The van der Waals surface area contributed by atoms with Crippen LogP contribution in [0.3, 0.4) is 0 Å². The molecular weight excluding hydrogens is 332 g/mol. The second kappa shape index (κ2) is 6.28. The highest BCUT2D eigenvalue weighted by Gasteiger charge is 2.12. The van der Waals surface area contributed by atoms with Gasteiger partial charge in [0, 0.05) is 22.3 Å². The molecular formula is C16H15BrN2O2. The molecule has 0 saturated carbocycles. The van der Waals surface area contributed by atoms with Crippen LogP contribution in [-0.4, -0.2) is 16.7 Å². The van der Waals surface area contributed by atoms with Crippen LogP contribution in [0.15, 0.2) is 53.3 Å². The molecule has 0 N–H and O–H groups in total. The Bertz CT molecular complexity index is 741. The maximum Gasteiger partial charge on any atom is 0.238 e. The summed E-state index contributed by atoms with van der Waals surface area (Å²) in [6, 6.07) is 12.1. The summed E-state index contributed by atoms with van der Waals surface area (Å²) in [5, 5.41) is 1.06. The topological polar surface area (TPSA) is 36.3 Å². The Labute approximate surface area is 131 Å². The zero-order valence-corrected chi connectivity index (χ0v) is 13.2. The van der Waals surface area contributed by atoms with E-state index in [1.54, 1.807) is 13.3 Å².